The molecule has 0 radical (unpaired) electrons. The fourth-order valence-electron chi connectivity index (χ4n) is 6.08. The highest BCUT2D eigenvalue weighted by Crippen LogP contribution is 2.52. The number of aromatic nitrogens is 3. The minimum absolute atomic E-state index is 1.08. The van der Waals surface area contributed by atoms with Crippen LogP contribution in [0.25, 0.3) is 43.7 Å². The van der Waals surface area contributed by atoms with Crippen LogP contribution in [0.4, 0.5) is 17.1 Å². The topological polar surface area (TPSA) is 34.0 Å². The van der Waals surface area contributed by atoms with Crippen LogP contribution >= 0.6 is 0 Å². The molecule has 1 aliphatic rings. The summed E-state index contributed by atoms with van der Waals surface area (Å²) in [6.07, 6.45) is 9.56. The van der Waals surface area contributed by atoms with Crippen molar-refractivity contribution < 1.29 is 0 Å². The maximum atomic E-state index is 4.45. The van der Waals surface area contributed by atoms with E-state index in [-0.39, 0.29) is 0 Å². The SMILES string of the molecule is CCCc1ccc2c(c1)c1cc3c(cc1n2C)N(c1cccnc1)c1cccc2cccc-3c12.c1ccncc1. The first kappa shape index (κ1) is 24.1. The van der Waals surface area contributed by atoms with Crippen molar-refractivity contribution in [2.45, 2.75) is 19.8 Å². The van der Waals surface area contributed by atoms with Gasteiger partial charge in [0.25, 0.3) is 0 Å². The lowest BCUT2D eigenvalue weighted by molar-refractivity contribution is 0.923. The van der Waals surface area contributed by atoms with Crippen LogP contribution in [0, 0.1) is 0 Å². The molecule has 0 atom stereocenters. The maximum absolute atomic E-state index is 4.45. The van der Waals surface area contributed by atoms with Gasteiger partial charge in [-0.1, -0.05) is 55.8 Å². The summed E-state index contributed by atoms with van der Waals surface area (Å²) in [5.41, 5.74) is 9.99. The van der Waals surface area contributed by atoms with E-state index in [1.54, 1.807) is 12.4 Å². The van der Waals surface area contributed by atoms with Gasteiger partial charge < -0.3 is 9.47 Å². The molecule has 7 aromatic rings. The molecule has 4 heterocycles. The minimum atomic E-state index is 1.08. The molecule has 40 heavy (non-hydrogen) atoms. The number of nitrogens with zero attached hydrogens (tertiary/aromatic N) is 4. The summed E-state index contributed by atoms with van der Waals surface area (Å²) in [6, 6.07) is 34.9. The Kier molecular flexibility index (Phi) is 6.01. The smallest absolute Gasteiger partial charge is 0.0645 e. The number of fused-ring (bicyclic) bond motifs is 5. The van der Waals surface area contributed by atoms with Gasteiger partial charge in [0.15, 0.2) is 0 Å². The molecule has 194 valence electrons. The molecule has 1 aliphatic heterocycles. The van der Waals surface area contributed by atoms with Gasteiger partial charge in [-0.05, 0) is 77.5 Å². The molecule has 0 saturated carbocycles. The highest BCUT2D eigenvalue weighted by Gasteiger charge is 2.27. The first-order valence-corrected chi connectivity index (χ1v) is 13.9. The standard InChI is InChI=1S/C31H25N3.C5H5N/c1-3-7-20-13-14-27-24(16-20)26-17-25-23-11-4-8-21-9-5-12-28(31(21)23)34(22-10-6-15-32-19-22)30(25)18-29(26)33(27)2;1-2-4-6-5-3-1/h4-6,8-19H,3,7H2,1-2H3;1-5H. The van der Waals surface area contributed by atoms with E-state index in [2.05, 4.69) is 106 Å². The molecule has 0 unspecified atom stereocenters. The van der Waals surface area contributed by atoms with Crippen molar-refractivity contribution >= 4 is 49.6 Å². The van der Waals surface area contributed by atoms with Gasteiger partial charge in [0, 0.05) is 52.9 Å². The summed E-state index contributed by atoms with van der Waals surface area (Å²) in [4.78, 5) is 10.6. The average Bonchev–Trinajstić information content (AvgIpc) is 3.28. The van der Waals surface area contributed by atoms with E-state index in [9.17, 15) is 0 Å². The Morgan fingerprint density at radius 2 is 1.45 bits per heavy atom. The number of pyridine rings is 2. The van der Waals surface area contributed by atoms with E-state index >= 15 is 0 Å². The predicted octanol–water partition coefficient (Wildman–Crippen LogP) is 9.36. The highest BCUT2D eigenvalue weighted by atomic mass is 15.2. The quantitative estimate of drug-likeness (QED) is 0.234. The summed E-state index contributed by atoms with van der Waals surface area (Å²) >= 11 is 0. The third kappa shape index (κ3) is 3.92. The molecular weight excluding hydrogens is 488 g/mol. The lowest BCUT2D eigenvalue weighted by atomic mass is 9.90. The van der Waals surface area contributed by atoms with Crippen molar-refractivity contribution in [1.82, 2.24) is 14.5 Å². The van der Waals surface area contributed by atoms with Crippen LogP contribution in [-0.4, -0.2) is 14.5 Å². The maximum Gasteiger partial charge on any atom is 0.0645 e. The average molecular weight is 519 g/mol. The van der Waals surface area contributed by atoms with Crippen LogP contribution in [0.3, 0.4) is 0 Å². The van der Waals surface area contributed by atoms with Gasteiger partial charge in [-0.25, -0.2) is 0 Å². The van der Waals surface area contributed by atoms with E-state index in [0.717, 1.165) is 18.5 Å². The molecule has 4 aromatic carbocycles. The third-order valence-corrected chi connectivity index (χ3v) is 7.85. The minimum Gasteiger partial charge on any atom is -0.344 e. The van der Waals surface area contributed by atoms with Crippen molar-refractivity contribution in [3.8, 4) is 11.1 Å². The molecule has 0 N–H and O–H groups in total. The second-order valence-electron chi connectivity index (χ2n) is 10.3. The number of benzene rings is 4. The summed E-state index contributed by atoms with van der Waals surface area (Å²) in [7, 11) is 2.18. The Morgan fingerprint density at radius 1 is 0.650 bits per heavy atom. The zero-order chi connectivity index (χ0) is 27.1. The van der Waals surface area contributed by atoms with Gasteiger partial charge in [0.2, 0.25) is 0 Å². The van der Waals surface area contributed by atoms with Crippen molar-refractivity contribution in [1.29, 1.82) is 0 Å². The first-order valence-electron chi connectivity index (χ1n) is 13.9. The Morgan fingerprint density at radius 3 is 2.17 bits per heavy atom. The van der Waals surface area contributed by atoms with Gasteiger partial charge in [0.1, 0.15) is 0 Å². The van der Waals surface area contributed by atoms with Crippen molar-refractivity contribution in [2.75, 3.05) is 4.90 Å². The molecule has 0 aliphatic carbocycles. The predicted molar refractivity (Wildman–Crippen MR) is 168 cm³/mol. The molecule has 4 nitrogen and oxygen atoms in total. The van der Waals surface area contributed by atoms with E-state index in [4.69, 9.17) is 0 Å². The van der Waals surface area contributed by atoms with Gasteiger partial charge in [-0.2, -0.15) is 0 Å². The summed E-state index contributed by atoms with van der Waals surface area (Å²) in [6.45, 7) is 2.24. The van der Waals surface area contributed by atoms with E-state index in [1.807, 2.05) is 36.7 Å². The van der Waals surface area contributed by atoms with Gasteiger partial charge in [-0.3, -0.25) is 9.97 Å². The molecule has 0 spiro atoms. The fourth-order valence-corrected chi connectivity index (χ4v) is 6.08. The van der Waals surface area contributed by atoms with Crippen LogP contribution < -0.4 is 4.90 Å². The molecule has 3 aromatic heterocycles. The zero-order valence-corrected chi connectivity index (χ0v) is 22.8. The Bertz CT molecular complexity index is 1940. The van der Waals surface area contributed by atoms with Crippen LogP contribution in [0.1, 0.15) is 18.9 Å². The molecular formula is C36H30N4. The molecule has 0 bridgehead atoms. The molecule has 8 rings (SSSR count). The lowest BCUT2D eigenvalue weighted by Crippen LogP contribution is -2.15. The number of hydrogen-bond acceptors (Lipinski definition) is 3. The number of rotatable bonds is 3. The van der Waals surface area contributed by atoms with E-state index in [0.29, 0.717) is 0 Å². The van der Waals surface area contributed by atoms with Crippen LogP contribution in [0.2, 0.25) is 0 Å². The molecule has 0 fully saturated rings. The zero-order valence-electron chi connectivity index (χ0n) is 22.8. The monoisotopic (exact) mass is 518 g/mol. The Labute approximate surface area is 234 Å². The number of aryl methyl sites for hydroxylation is 2. The third-order valence-electron chi connectivity index (χ3n) is 7.85. The summed E-state index contributed by atoms with van der Waals surface area (Å²) < 4.78 is 2.34. The van der Waals surface area contributed by atoms with Crippen molar-refractivity contribution in [3.63, 3.8) is 0 Å². The number of anilines is 3. The van der Waals surface area contributed by atoms with Gasteiger partial charge in [0.05, 0.1) is 28.8 Å². The number of hydrogen-bond donors (Lipinski definition) is 0. The Hall–Kier alpha value is -4.96. The first-order chi connectivity index (χ1) is 19.7. The normalized spacial score (nSPS) is 11.9. The van der Waals surface area contributed by atoms with Crippen LogP contribution in [-0.2, 0) is 13.5 Å². The second-order valence-corrected chi connectivity index (χ2v) is 10.3. The Balaban J connectivity index is 0.000000393. The van der Waals surface area contributed by atoms with Crippen molar-refractivity contribution in [3.05, 3.63) is 127 Å². The molecule has 0 saturated heterocycles. The van der Waals surface area contributed by atoms with E-state index < -0.39 is 0 Å². The second kappa shape index (κ2) is 9.97. The summed E-state index contributed by atoms with van der Waals surface area (Å²) in [5, 5.41) is 5.22. The molecule has 0 amide bonds. The van der Waals surface area contributed by atoms with Gasteiger partial charge in [-0.15, -0.1) is 0 Å². The fraction of sp³-hybridized carbons (Fsp3) is 0.111. The highest BCUT2D eigenvalue weighted by molar-refractivity contribution is 6.18. The summed E-state index contributed by atoms with van der Waals surface area (Å²) in [5.74, 6) is 0. The van der Waals surface area contributed by atoms with Gasteiger partial charge >= 0.3 is 0 Å². The largest absolute Gasteiger partial charge is 0.344 e. The van der Waals surface area contributed by atoms with Crippen LogP contribution in [0.15, 0.2) is 122 Å². The van der Waals surface area contributed by atoms with Crippen LogP contribution in [0.5, 0.6) is 0 Å². The molecule has 4 heteroatoms. The van der Waals surface area contributed by atoms with Crippen molar-refractivity contribution in [2.24, 2.45) is 7.05 Å². The lowest BCUT2D eigenvalue weighted by Gasteiger charge is -2.33. The van der Waals surface area contributed by atoms with E-state index in [1.165, 1.54) is 60.6 Å².